The van der Waals surface area contributed by atoms with Crippen LogP contribution in [0.4, 0.5) is 0 Å². The number of hydrogen-bond donors (Lipinski definition) is 0. The van der Waals surface area contributed by atoms with E-state index in [-0.39, 0.29) is 5.82 Å². The van der Waals surface area contributed by atoms with Crippen molar-refractivity contribution in [3.8, 4) is 6.07 Å². The molecule has 0 unspecified atom stereocenters. The Morgan fingerprint density at radius 2 is 2.05 bits per heavy atom. The molecule has 0 amide bonds. The van der Waals surface area contributed by atoms with E-state index in [2.05, 4.69) is 4.98 Å². The molecule has 1 aromatic heterocycles. The van der Waals surface area contributed by atoms with Crippen LogP contribution in [0.15, 0.2) is 18.2 Å². The lowest BCUT2D eigenvalue weighted by molar-refractivity contribution is 0.439. The third-order valence-corrected chi connectivity index (χ3v) is 5.17. The maximum atomic E-state index is 12.6. The monoisotopic (exact) mass is 312 g/mol. The molecule has 8 heteroatoms. The number of rotatable bonds is 4. The van der Waals surface area contributed by atoms with Gasteiger partial charge >= 0.3 is 10.2 Å². The standard InChI is InChI=1S/C12H13ClN4O2S/c1-3-16(4-2)20(18,19)17-11-6-5-9(13)7-10(11)15-12(17)8-14/h5-7H,3-4H2,1-2H3. The lowest BCUT2D eigenvalue weighted by Crippen LogP contribution is -2.35. The van der Waals surface area contributed by atoms with Gasteiger partial charge in [-0.3, -0.25) is 0 Å². The van der Waals surface area contributed by atoms with Crippen molar-refractivity contribution in [1.82, 2.24) is 13.3 Å². The second-order valence-electron chi connectivity index (χ2n) is 4.04. The molecule has 0 bridgehead atoms. The summed E-state index contributed by atoms with van der Waals surface area (Å²) in [5, 5.41) is 9.57. The first-order chi connectivity index (χ1) is 9.45. The molecule has 0 spiro atoms. The van der Waals surface area contributed by atoms with Crippen LogP contribution in [0.3, 0.4) is 0 Å². The summed E-state index contributed by atoms with van der Waals surface area (Å²) in [4.78, 5) is 4.02. The Morgan fingerprint density at radius 3 is 2.60 bits per heavy atom. The maximum Gasteiger partial charge on any atom is 0.310 e. The summed E-state index contributed by atoms with van der Waals surface area (Å²) in [6.45, 7) is 4.11. The normalized spacial score (nSPS) is 11.9. The van der Waals surface area contributed by atoms with Crippen LogP contribution in [0.2, 0.25) is 5.02 Å². The van der Waals surface area contributed by atoms with Crippen LogP contribution < -0.4 is 0 Å². The van der Waals surface area contributed by atoms with E-state index < -0.39 is 10.2 Å². The highest BCUT2D eigenvalue weighted by Crippen LogP contribution is 2.23. The fraction of sp³-hybridized carbons (Fsp3) is 0.333. The highest BCUT2D eigenvalue weighted by Gasteiger charge is 2.27. The van der Waals surface area contributed by atoms with Crippen LogP contribution in [0.5, 0.6) is 0 Å². The summed E-state index contributed by atoms with van der Waals surface area (Å²) in [5.41, 5.74) is 0.725. The summed E-state index contributed by atoms with van der Waals surface area (Å²) >= 11 is 5.86. The second-order valence-corrected chi connectivity index (χ2v) is 6.25. The molecule has 0 aliphatic carbocycles. The summed E-state index contributed by atoms with van der Waals surface area (Å²) in [6.07, 6.45) is 0. The van der Waals surface area contributed by atoms with Crippen LogP contribution in [-0.2, 0) is 10.2 Å². The Labute approximate surface area is 122 Å². The summed E-state index contributed by atoms with van der Waals surface area (Å²) in [6, 6.07) is 6.47. The predicted octanol–water partition coefficient (Wildman–Crippen LogP) is 2.00. The van der Waals surface area contributed by atoms with Crippen molar-refractivity contribution in [2.24, 2.45) is 0 Å². The van der Waals surface area contributed by atoms with Gasteiger partial charge in [0, 0.05) is 18.1 Å². The van der Waals surface area contributed by atoms with Crippen LogP contribution in [0, 0.1) is 11.3 Å². The molecule has 0 aliphatic rings. The molecule has 1 heterocycles. The number of nitrogens with zero attached hydrogens (tertiary/aromatic N) is 4. The first-order valence-corrected chi connectivity index (χ1v) is 7.82. The van der Waals surface area contributed by atoms with Crippen molar-refractivity contribution in [2.45, 2.75) is 13.8 Å². The zero-order chi connectivity index (χ0) is 14.9. The number of benzene rings is 1. The number of fused-ring (bicyclic) bond motifs is 1. The largest absolute Gasteiger partial charge is 0.310 e. The van der Waals surface area contributed by atoms with Gasteiger partial charge in [-0.1, -0.05) is 25.4 Å². The zero-order valence-electron chi connectivity index (χ0n) is 11.0. The number of halogens is 1. The summed E-state index contributed by atoms with van der Waals surface area (Å²) in [7, 11) is -3.82. The Balaban J connectivity index is 2.80. The molecule has 0 radical (unpaired) electrons. The third kappa shape index (κ3) is 2.26. The van der Waals surface area contributed by atoms with Gasteiger partial charge in [-0.15, -0.1) is 0 Å². The van der Waals surface area contributed by atoms with Crippen molar-refractivity contribution in [3.63, 3.8) is 0 Å². The fourth-order valence-electron chi connectivity index (χ4n) is 2.00. The molecule has 20 heavy (non-hydrogen) atoms. The third-order valence-electron chi connectivity index (χ3n) is 2.94. The van der Waals surface area contributed by atoms with E-state index >= 15 is 0 Å². The Bertz CT molecular complexity index is 788. The van der Waals surface area contributed by atoms with Crippen LogP contribution >= 0.6 is 11.6 Å². The average Bonchev–Trinajstić information content (AvgIpc) is 2.77. The maximum absolute atomic E-state index is 12.6. The number of imidazole rings is 1. The molecule has 0 saturated heterocycles. The van der Waals surface area contributed by atoms with Gasteiger partial charge in [0.1, 0.15) is 6.07 Å². The van der Waals surface area contributed by atoms with Crippen molar-refractivity contribution in [1.29, 1.82) is 5.26 Å². The number of aromatic nitrogens is 2. The van der Waals surface area contributed by atoms with E-state index in [9.17, 15) is 8.42 Å². The van der Waals surface area contributed by atoms with E-state index in [1.807, 2.05) is 6.07 Å². The SMILES string of the molecule is CCN(CC)S(=O)(=O)n1c(C#N)nc2cc(Cl)ccc21. The molecule has 0 saturated carbocycles. The summed E-state index contributed by atoms with van der Waals surface area (Å²) < 4.78 is 27.4. The second kappa shape index (κ2) is 5.40. The zero-order valence-corrected chi connectivity index (χ0v) is 12.6. The Hall–Kier alpha value is -1.62. The van der Waals surface area contributed by atoms with E-state index in [4.69, 9.17) is 16.9 Å². The van der Waals surface area contributed by atoms with Gasteiger partial charge in [-0.2, -0.15) is 22.0 Å². The molecule has 0 fully saturated rings. The minimum Gasteiger partial charge on any atom is -0.218 e. The molecule has 6 nitrogen and oxygen atoms in total. The molecule has 1 aromatic carbocycles. The molecular weight excluding hydrogens is 300 g/mol. The van der Waals surface area contributed by atoms with Gasteiger partial charge in [0.05, 0.1) is 11.0 Å². The minimum atomic E-state index is -3.82. The van der Waals surface area contributed by atoms with Gasteiger partial charge in [-0.05, 0) is 18.2 Å². The Kier molecular flexibility index (Phi) is 3.99. The average molecular weight is 313 g/mol. The fourth-order valence-corrected chi connectivity index (χ4v) is 3.75. The van der Waals surface area contributed by atoms with E-state index in [1.165, 1.54) is 10.4 Å². The first kappa shape index (κ1) is 14.8. The van der Waals surface area contributed by atoms with Gasteiger partial charge in [0.25, 0.3) is 0 Å². The lowest BCUT2D eigenvalue weighted by Gasteiger charge is -2.19. The molecule has 106 valence electrons. The molecule has 2 aromatic rings. The smallest absolute Gasteiger partial charge is 0.218 e. The predicted molar refractivity (Wildman–Crippen MR) is 76.7 cm³/mol. The highest BCUT2D eigenvalue weighted by molar-refractivity contribution is 7.87. The van der Waals surface area contributed by atoms with Crippen LogP contribution in [-0.4, -0.2) is 34.8 Å². The van der Waals surface area contributed by atoms with E-state index in [1.54, 1.807) is 26.0 Å². The van der Waals surface area contributed by atoms with E-state index in [0.717, 1.165) is 3.97 Å². The summed E-state index contributed by atoms with van der Waals surface area (Å²) in [5.74, 6) is -0.172. The van der Waals surface area contributed by atoms with Crippen molar-refractivity contribution >= 4 is 32.8 Å². The molecule has 0 atom stereocenters. The minimum absolute atomic E-state index is 0.172. The molecule has 0 N–H and O–H groups in total. The number of nitriles is 1. The van der Waals surface area contributed by atoms with Crippen molar-refractivity contribution < 1.29 is 8.42 Å². The Morgan fingerprint density at radius 1 is 1.40 bits per heavy atom. The van der Waals surface area contributed by atoms with Crippen molar-refractivity contribution in [3.05, 3.63) is 29.0 Å². The first-order valence-electron chi connectivity index (χ1n) is 6.04. The molecular formula is C12H13ClN4O2S. The van der Waals surface area contributed by atoms with Gasteiger partial charge in [0.15, 0.2) is 0 Å². The van der Waals surface area contributed by atoms with Crippen LogP contribution in [0.25, 0.3) is 11.0 Å². The molecule has 0 aliphatic heterocycles. The van der Waals surface area contributed by atoms with Crippen molar-refractivity contribution in [2.75, 3.05) is 13.1 Å². The van der Waals surface area contributed by atoms with Crippen LogP contribution in [0.1, 0.15) is 19.7 Å². The highest BCUT2D eigenvalue weighted by atomic mass is 35.5. The lowest BCUT2D eigenvalue weighted by atomic mass is 10.3. The molecule has 2 rings (SSSR count). The van der Waals surface area contributed by atoms with Gasteiger partial charge in [0.2, 0.25) is 5.82 Å². The van der Waals surface area contributed by atoms with Gasteiger partial charge < -0.3 is 0 Å². The number of hydrogen-bond acceptors (Lipinski definition) is 4. The van der Waals surface area contributed by atoms with Gasteiger partial charge in [-0.25, -0.2) is 4.98 Å². The quantitative estimate of drug-likeness (QED) is 0.865. The van der Waals surface area contributed by atoms with E-state index in [0.29, 0.717) is 29.1 Å². The topological polar surface area (TPSA) is 79.0 Å².